The quantitative estimate of drug-likeness (QED) is 0.619. The van der Waals surface area contributed by atoms with Gasteiger partial charge in [-0.1, -0.05) is 6.07 Å². The Labute approximate surface area is 83.4 Å². The van der Waals surface area contributed by atoms with Gasteiger partial charge in [0.2, 0.25) is 0 Å². The predicted octanol–water partition coefficient (Wildman–Crippen LogP) is 1.78. The summed E-state index contributed by atoms with van der Waals surface area (Å²) in [6, 6.07) is 4.10. The monoisotopic (exact) mass is 187 g/mol. The van der Waals surface area contributed by atoms with Gasteiger partial charge in [-0.2, -0.15) is 0 Å². The molecule has 2 heteroatoms. The molecule has 0 saturated heterocycles. The zero-order chi connectivity index (χ0) is 9.54. The van der Waals surface area contributed by atoms with Crippen LogP contribution in [0, 0.1) is 11.8 Å². The van der Waals surface area contributed by atoms with Gasteiger partial charge in [-0.25, -0.2) is 0 Å². The van der Waals surface area contributed by atoms with Gasteiger partial charge in [-0.05, 0) is 37.3 Å². The molecule has 0 aliphatic heterocycles. The van der Waals surface area contributed by atoms with Crippen LogP contribution in [0.25, 0.3) is 0 Å². The second kappa shape index (κ2) is 2.91. The van der Waals surface area contributed by atoms with Crippen LogP contribution >= 0.6 is 0 Å². The molecule has 1 saturated carbocycles. The van der Waals surface area contributed by atoms with E-state index in [0.717, 1.165) is 31.4 Å². The van der Waals surface area contributed by atoms with Crippen LogP contribution in [0.5, 0.6) is 0 Å². The predicted molar refractivity (Wildman–Crippen MR) is 52.9 cm³/mol. The van der Waals surface area contributed by atoms with Crippen LogP contribution in [0.2, 0.25) is 0 Å². The van der Waals surface area contributed by atoms with Crippen molar-refractivity contribution in [3.63, 3.8) is 0 Å². The molecule has 0 spiro atoms. The highest BCUT2D eigenvalue weighted by molar-refractivity contribution is 5.86. The van der Waals surface area contributed by atoms with Crippen molar-refractivity contribution in [2.45, 2.75) is 25.7 Å². The first-order chi connectivity index (χ1) is 6.84. The van der Waals surface area contributed by atoms with Gasteiger partial charge >= 0.3 is 0 Å². The first kappa shape index (κ1) is 8.16. The second-order valence-electron chi connectivity index (χ2n) is 4.39. The van der Waals surface area contributed by atoms with Crippen molar-refractivity contribution in [2.24, 2.45) is 11.8 Å². The van der Waals surface area contributed by atoms with Gasteiger partial charge in [0.15, 0.2) is 0 Å². The molecule has 72 valence electrons. The number of carbonyl (C=O) groups excluding carboxylic acids is 1. The van der Waals surface area contributed by atoms with Crippen molar-refractivity contribution in [1.82, 2.24) is 4.98 Å². The van der Waals surface area contributed by atoms with Gasteiger partial charge in [-0.3, -0.25) is 9.78 Å². The van der Waals surface area contributed by atoms with Crippen molar-refractivity contribution < 1.29 is 4.79 Å². The number of carbonyl (C=O) groups is 1. The second-order valence-corrected chi connectivity index (χ2v) is 4.39. The smallest absolute Gasteiger partial charge is 0.139 e. The van der Waals surface area contributed by atoms with Crippen LogP contribution in [-0.4, -0.2) is 10.8 Å². The zero-order valence-corrected chi connectivity index (χ0v) is 8.07. The van der Waals surface area contributed by atoms with Crippen LogP contribution < -0.4 is 0 Å². The first-order valence-electron chi connectivity index (χ1n) is 5.31. The van der Waals surface area contributed by atoms with Crippen molar-refractivity contribution >= 4 is 5.78 Å². The third-order valence-corrected chi connectivity index (χ3v) is 3.56. The first-order valence-corrected chi connectivity index (χ1v) is 5.31. The average molecular weight is 187 g/mol. The number of fused-ring (bicyclic) bond motifs is 3. The number of ketones is 1. The van der Waals surface area contributed by atoms with Crippen molar-refractivity contribution in [1.29, 1.82) is 0 Å². The lowest BCUT2D eigenvalue weighted by Gasteiger charge is -2.09. The van der Waals surface area contributed by atoms with E-state index in [2.05, 4.69) is 11.1 Å². The average Bonchev–Trinajstić information content (AvgIpc) is 2.44. The summed E-state index contributed by atoms with van der Waals surface area (Å²) in [6.07, 6.45) is 5.82. The molecule has 3 rings (SSSR count). The van der Waals surface area contributed by atoms with Gasteiger partial charge in [-0.15, -0.1) is 0 Å². The molecule has 1 fully saturated rings. The van der Waals surface area contributed by atoms with Gasteiger partial charge in [0.05, 0.1) is 0 Å². The molecule has 2 aliphatic carbocycles. The fourth-order valence-corrected chi connectivity index (χ4v) is 2.77. The number of pyridine rings is 1. The number of aromatic nitrogens is 1. The lowest BCUT2D eigenvalue weighted by molar-refractivity contribution is -0.123. The summed E-state index contributed by atoms with van der Waals surface area (Å²) < 4.78 is 0. The van der Waals surface area contributed by atoms with Crippen LogP contribution in [-0.2, 0) is 17.6 Å². The number of hydrogen-bond acceptors (Lipinski definition) is 2. The maximum Gasteiger partial charge on any atom is 0.139 e. The van der Waals surface area contributed by atoms with Crippen molar-refractivity contribution in [3.05, 3.63) is 29.6 Å². The van der Waals surface area contributed by atoms with E-state index in [1.807, 2.05) is 12.3 Å². The molecule has 0 amide bonds. The lowest BCUT2D eigenvalue weighted by atomic mass is 9.97. The topological polar surface area (TPSA) is 30.0 Å². The highest BCUT2D eigenvalue weighted by Crippen LogP contribution is 2.36. The Hall–Kier alpha value is -1.18. The van der Waals surface area contributed by atoms with E-state index in [1.54, 1.807) is 0 Å². The van der Waals surface area contributed by atoms with E-state index >= 15 is 0 Å². The fraction of sp³-hybridized carbons (Fsp3) is 0.500. The summed E-state index contributed by atoms with van der Waals surface area (Å²) >= 11 is 0. The summed E-state index contributed by atoms with van der Waals surface area (Å²) in [5.41, 5.74) is 2.46. The molecule has 0 N–H and O–H groups in total. The molecule has 14 heavy (non-hydrogen) atoms. The number of hydrogen-bond donors (Lipinski definition) is 0. The molecule has 1 aromatic heterocycles. The Morgan fingerprint density at radius 2 is 2.00 bits per heavy atom. The summed E-state index contributed by atoms with van der Waals surface area (Å²) in [5.74, 6) is 1.06. The normalized spacial score (nSPS) is 29.9. The Morgan fingerprint density at radius 1 is 1.21 bits per heavy atom. The summed E-state index contributed by atoms with van der Waals surface area (Å²) in [7, 11) is 0. The lowest BCUT2D eigenvalue weighted by Crippen LogP contribution is -2.13. The van der Waals surface area contributed by atoms with E-state index < -0.39 is 0 Å². The van der Waals surface area contributed by atoms with Crippen LogP contribution in [0.15, 0.2) is 18.3 Å². The molecular weight excluding hydrogens is 174 g/mol. The minimum Gasteiger partial charge on any atom is -0.299 e. The third-order valence-electron chi connectivity index (χ3n) is 3.56. The number of Topliss-reactive ketones (excluding diaryl/α,β-unsaturated/α-hetero) is 1. The fourth-order valence-electron chi connectivity index (χ4n) is 2.77. The highest BCUT2D eigenvalue weighted by atomic mass is 16.1. The molecular formula is C12H13NO. The maximum absolute atomic E-state index is 11.8. The molecule has 1 aromatic rings. The van der Waals surface area contributed by atoms with Crippen LogP contribution in [0.3, 0.4) is 0 Å². The van der Waals surface area contributed by atoms with Gasteiger partial charge in [0.1, 0.15) is 5.78 Å². The largest absolute Gasteiger partial charge is 0.299 e. The Bertz CT molecular complexity index is 351. The van der Waals surface area contributed by atoms with E-state index in [0.29, 0.717) is 11.7 Å². The molecule has 2 nitrogen and oxygen atoms in total. The Balaban J connectivity index is 2.06. The Kier molecular flexibility index (Phi) is 1.69. The molecule has 2 aliphatic rings. The highest BCUT2D eigenvalue weighted by Gasteiger charge is 2.37. The van der Waals surface area contributed by atoms with Crippen LogP contribution in [0.4, 0.5) is 0 Å². The molecule has 0 radical (unpaired) electrons. The minimum absolute atomic E-state index is 0.274. The Morgan fingerprint density at radius 3 is 2.86 bits per heavy atom. The van der Waals surface area contributed by atoms with E-state index in [4.69, 9.17) is 0 Å². The summed E-state index contributed by atoms with van der Waals surface area (Å²) in [6.45, 7) is 0. The van der Waals surface area contributed by atoms with E-state index in [-0.39, 0.29) is 5.92 Å². The van der Waals surface area contributed by atoms with Gasteiger partial charge in [0, 0.05) is 23.7 Å². The SMILES string of the molecule is O=C1[C@@H]2CC[C@H]1Cc1ncccc1C2. The summed E-state index contributed by atoms with van der Waals surface area (Å²) in [5, 5.41) is 0. The third kappa shape index (κ3) is 1.10. The standard InChI is InChI=1S/C12H13NO/c14-12-9-3-4-10(12)7-11-8(6-9)2-1-5-13-11/h1-2,5,9-10H,3-4,6-7H2/t9-,10+/m1/s1. The molecule has 1 heterocycles. The molecule has 0 unspecified atom stereocenters. The number of rotatable bonds is 0. The summed E-state index contributed by atoms with van der Waals surface area (Å²) in [4.78, 5) is 16.2. The van der Waals surface area contributed by atoms with Gasteiger partial charge < -0.3 is 0 Å². The molecule has 2 bridgehead atoms. The number of nitrogens with zero attached hydrogens (tertiary/aromatic N) is 1. The maximum atomic E-state index is 11.8. The van der Waals surface area contributed by atoms with Crippen LogP contribution in [0.1, 0.15) is 24.1 Å². The molecule has 0 aromatic carbocycles. The van der Waals surface area contributed by atoms with E-state index in [1.165, 1.54) is 5.56 Å². The van der Waals surface area contributed by atoms with Crippen molar-refractivity contribution in [2.75, 3.05) is 0 Å². The van der Waals surface area contributed by atoms with E-state index in [9.17, 15) is 4.79 Å². The van der Waals surface area contributed by atoms with Gasteiger partial charge in [0.25, 0.3) is 0 Å². The molecule has 2 atom stereocenters. The minimum atomic E-state index is 0.274. The zero-order valence-electron chi connectivity index (χ0n) is 8.07. The van der Waals surface area contributed by atoms with Crippen molar-refractivity contribution in [3.8, 4) is 0 Å².